The molecule has 4 N–H and O–H groups in total. The molecule has 2 aromatic carbocycles. The first-order chi connectivity index (χ1) is 15.6. The molecular weight excluding hydrogens is 439 g/mol. The highest BCUT2D eigenvalue weighted by Crippen LogP contribution is 2.32. The molecule has 0 spiro atoms. The lowest BCUT2D eigenvalue weighted by molar-refractivity contribution is -0.141. The Morgan fingerprint density at radius 2 is 1.82 bits per heavy atom. The Kier molecular flexibility index (Phi) is 7.34. The van der Waals surface area contributed by atoms with Gasteiger partial charge in [-0.25, -0.2) is 9.69 Å². The van der Waals surface area contributed by atoms with Gasteiger partial charge in [0.2, 0.25) is 5.91 Å². The summed E-state index contributed by atoms with van der Waals surface area (Å²) in [6.45, 7) is 1.55. The summed E-state index contributed by atoms with van der Waals surface area (Å²) < 4.78 is 44.6. The lowest BCUT2D eigenvalue weighted by Crippen LogP contribution is -2.37. The summed E-state index contributed by atoms with van der Waals surface area (Å²) >= 11 is 0. The van der Waals surface area contributed by atoms with Gasteiger partial charge in [0.15, 0.2) is 5.82 Å². The van der Waals surface area contributed by atoms with Crippen molar-refractivity contribution in [2.75, 3.05) is 4.90 Å². The summed E-state index contributed by atoms with van der Waals surface area (Å²) in [6, 6.07) is 15.2. The summed E-state index contributed by atoms with van der Waals surface area (Å²) in [4.78, 5) is 25.6. The van der Waals surface area contributed by atoms with E-state index in [2.05, 4.69) is 10.4 Å². The third kappa shape index (κ3) is 6.32. The molecule has 3 aromatic rings. The second kappa shape index (κ2) is 10.2. The number of halogens is 3. The number of carbonyl (C=O) groups excluding carboxylic acids is 2. The SMILES string of the molecule is C[C@H](N)C(=O)NCc1cccc(N(C(=O)OCc2ccccc2)c2cc(C(F)(F)F)[nH]n2)c1. The van der Waals surface area contributed by atoms with Crippen LogP contribution in [0.2, 0.25) is 0 Å². The van der Waals surface area contributed by atoms with Gasteiger partial charge >= 0.3 is 12.3 Å². The molecule has 0 aliphatic rings. The number of nitrogens with zero attached hydrogens (tertiary/aromatic N) is 2. The number of aromatic nitrogens is 2. The average Bonchev–Trinajstić information content (AvgIpc) is 3.27. The third-order valence-corrected chi connectivity index (χ3v) is 4.54. The zero-order valence-corrected chi connectivity index (χ0v) is 17.6. The molecule has 0 bridgehead atoms. The molecule has 0 aliphatic carbocycles. The minimum atomic E-state index is -4.67. The molecule has 174 valence electrons. The Morgan fingerprint density at radius 3 is 2.45 bits per heavy atom. The summed E-state index contributed by atoms with van der Waals surface area (Å²) in [5, 5.41) is 8.19. The number of carbonyl (C=O) groups is 2. The van der Waals surface area contributed by atoms with Crippen LogP contribution in [0.25, 0.3) is 0 Å². The second-order valence-electron chi connectivity index (χ2n) is 7.19. The number of nitrogens with two attached hydrogens (primary N) is 1. The van der Waals surface area contributed by atoms with Gasteiger partial charge in [0.25, 0.3) is 0 Å². The van der Waals surface area contributed by atoms with E-state index in [4.69, 9.17) is 10.5 Å². The van der Waals surface area contributed by atoms with Crippen LogP contribution >= 0.6 is 0 Å². The Labute approximate surface area is 187 Å². The smallest absolute Gasteiger partial charge is 0.432 e. The van der Waals surface area contributed by atoms with Crippen LogP contribution in [0.1, 0.15) is 23.7 Å². The third-order valence-electron chi connectivity index (χ3n) is 4.54. The minimum absolute atomic E-state index is 0.0864. The number of hydrogen-bond acceptors (Lipinski definition) is 5. The first-order valence-corrected chi connectivity index (χ1v) is 9.91. The second-order valence-corrected chi connectivity index (χ2v) is 7.19. The molecule has 0 unspecified atom stereocenters. The largest absolute Gasteiger partial charge is 0.444 e. The van der Waals surface area contributed by atoms with Crippen LogP contribution in [-0.4, -0.2) is 28.2 Å². The van der Waals surface area contributed by atoms with Gasteiger partial charge in [-0.1, -0.05) is 42.5 Å². The van der Waals surface area contributed by atoms with E-state index < -0.39 is 24.0 Å². The van der Waals surface area contributed by atoms with Crippen molar-refractivity contribution in [2.24, 2.45) is 5.73 Å². The normalized spacial score (nSPS) is 12.2. The van der Waals surface area contributed by atoms with Crippen LogP contribution in [0, 0.1) is 0 Å². The van der Waals surface area contributed by atoms with E-state index in [1.165, 1.54) is 19.1 Å². The van der Waals surface area contributed by atoms with Crippen LogP contribution in [0.3, 0.4) is 0 Å². The van der Waals surface area contributed by atoms with Crippen molar-refractivity contribution in [1.82, 2.24) is 15.5 Å². The zero-order valence-electron chi connectivity index (χ0n) is 17.6. The average molecular weight is 461 g/mol. The predicted molar refractivity (Wildman–Crippen MR) is 114 cm³/mol. The van der Waals surface area contributed by atoms with Crippen molar-refractivity contribution < 1.29 is 27.5 Å². The van der Waals surface area contributed by atoms with Crippen LogP contribution in [-0.2, 0) is 28.9 Å². The monoisotopic (exact) mass is 461 g/mol. The Hall–Kier alpha value is -3.86. The standard InChI is InChI=1S/C22H22F3N5O3/c1-14(26)20(31)27-12-16-8-5-9-17(10-16)30(19-11-18(28-29-19)22(23,24)25)21(32)33-13-15-6-3-2-4-7-15/h2-11,14H,12-13,26H2,1H3,(H,27,31)(H,28,29)/t14-/m0/s1. The van der Waals surface area contributed by atoms with Crippen molar-refractivity contribution in [1.29, 1.82) is 0 Å². The lowest BCUT2D eigenvalue weighted by atomic mass is 10.2. The Morgan fingerprint density at radius 1 is 1.12 bits per heavy atom. The number of alkyl halides is 3. The summed E-state index contributed by atoms with van der Waals surface area (Å²) in [5.74, 6) is -0.668. The van der Waals surface area contributed by atoms with Gasteiger partial charge in [0, 0.05) is 12.6 Å². The molecule has 0 fully saturated rings. The first-order valence-electron chi connectivity index (χ1n) is 9.91. The van der Waals surface area contributed by atoms with E-state index in [0.717, 1.165) is 4.90 Å². The molecule has 33 heavy (non-hydrogen) atoms. The van der Waals surface area contributed by atoms with Gasteiger partial charge in [-0.05, 0) is 30.2 Å². The van der Waals surface area contributed by atoms with E-state index in [1.807, 2.05) is 5.10 Å². The highest BCUT2D eigenvalue weighted by Gasteiger charge is 2.35. The molecule has 0 aliphatic heterocycles. The molecule has 2 amide bonds. The molecule has 3 rings (SSSR count). The van der Waals surface area contributed by atoms with Crippen LogP contribution in [0.4, 0.5) is 29.5 Å². The minimum Gasteiger partial charge on any atom is -0.444 e. The highest BCUT2D eigenvalue weighted by atomic mass is 19.4. The fourth-order valence-corrected chi connectivity index (χ4v) is 2.84. The molecule has 0 saturated carbocycles. The van der Waals surface area contributed by atoms with Gasteiger partial charge in [0.05, 0.1) is 11.7 Å². The van der Waals surface area contributed by atoms with Gasteiger partial charge in [0.1, 0.15) is 12.3 Å². The van der Waals surface area contributed by atoms with Gasteiger partial charge < -0.3 is 15.8 Å². The molecule has 1 atom stereocenters. The molecule has 11 heteroatoms. The molecule has 1 aromatic heterocycles. The van der Waals surface area contributed by atoms with E-state index >= 15 is 0 Å². The maximum atomic E-state index is 13.1. The van der Waals surface area contributed by atoms with Crippen molar-refractivity contribution in [3.63, 3.8) is 0 Å². The van der Waals surface area contributed by atoms with Crippen molar-refractivity contribution in [3.8, 4) is 0 Å². The molecule has 8 nitrogen and oxygen atoms in total. The Bertz CT molecular complexity index is 1100. The number of anilines is 2. The molecule has 0 saturated heterocycles. The number of rotatable bonds is 7. The number of H-pyrrole nitrogens is 1. The number of aromatic amines is 1. The van der Waals surface area contributed by atoms with E-state index in [0.29, 0.717) is 17.2 Å². The molecule has 0 radical (unpaired) electrons. The maximum Gasteiger partial charge on any atom is 0.432 e. The first kappa shape index (κ1) is 23.8. The summed E-state index contributed by atoms with van der Waals surface area (Å²) in [6.07, 6.45) is -5.59. The van der Waals surface area contributed by atoms with Crippen LogP contribution < -0.4 is 16.0 Å². The molecular formula is C22H22F3N5O3. The number of benzene rings is 2. The quantitative estimate of drug-likeness (QED) is 0.494. The number of amides is 2. The van der Waals surface area contributed by atoms with Crippen molar-refractivity contribution >= 4 is 23.5 Å². The van der Waals surface area contributed by atoms with E-state index in [1.54, 1.807) is 42.5 Å². The van der Waals surface area contributed by atoms with Crippen LogP contribution in [0.5, 0.6) is 0 Å². The van der Waals surface area contributed by atoms with Gasteiger partial charge in [-0.2, -0.15) is 18.3 Å². The number of hydrogen-bond donors (Lipinski definition) is 3. The predicted octanol–water partition coefficient (Wildman–Crippen LogP) is 3.87. The summed E-state index contributed by atoms with van der Waals surface area (Å²) in [5.41, 5.74) is 5.92. The van der Waals surface area contributed by atoms with Crippen LogP contribution in [0.15, 0.2) is 60.7 Å². The summed E-state index contributed by atoms with van der Waals surface area (Å²) in [7, 11) is 0. The van der Waals surface area contributed by atoms with Gasteiger partial charge in [-0.3, -0.25) is 9.89 Å². The number of nitrogens with one attached hydrogen (secondary N) is 2. The number of ether oxygens (including phenoxy) is 1. The lowest BCUT2D eigenvalue weighted by Gasteiger charge is -2.21. The molecule has 1 heterocycles. The zero-order chi connectivity index (χ0) is 24.0. The fraction of sp³-hybridized carbons (Fsp3) is 0.227. The van der Waals surface area contributed by atoms with E-state index in [-0.39, 0.29) is 30.6 Å². The fourth-order valence-electron chi connectivity index (χ4n) is 2.84. The topological polar surface area (TPSA) is 113 Å². The van der Waals surface area contributed by atoms with E-state index in [9.17, 15) is 22.8 Å². The maximum absolute atomic E-state index is 13.1. The highest BCUT2D eigenvalue weighted by molar-refractivity contribution is 5.95. The van der Waals surface area contributed by atoms with Crippen molar-refractivity contribution in [3.05, 3.63) is 77.5 Å². The Balaban J connectivity index is 1.88. The van der Waals surface area contributed by atoms with Gasteiger partial charge in [-0.15, -0.1) is 0 Å². The van der Waals surface area contributed by atoms with Crippen molar-refractivity contribution in [2.45, 2.75) is 32.3 Å².